The topological polar surface area (TPSA) is 55.5 Å². The summed E-state index contributed by atoms with van der Waals surface area (Å²) < 4.78 is 6.82. The van der Waals surface area contributed by atoms with E-state index in [2.05, 4.69) is 26.8 Å². The van der Waals surface area contributed by atoms with E-state index in [4.69, 9.17) is 10.5 Å². The molecule has 3 N–H and O–H groups in total. The Morgan fingerprint density at radius 2 is 2.00 bits per heavy atom. The lowest BCUT2D eigenvalue weighted by molar-refractivity contribution is -0.0380. The highest BCUT2D eigenvalue weighted by molar-refractivity contribution is 5.37. The predicted molar refractivity (Wildman–Crippen MR) is 117 cm³/mol. The van der Waals surface area contributed by atoms with E-state index in [1.54, 1.807) is 16.7 Å². The van der Waals surface area contributed by atoms with Gasteiger partial charge >= 0.3 is 0 Å². The van der Waals surface area contributed by atoms with Crippen LogP contribution in [-0.2, 0) is 4.74 Å². The van der Waals surface area contributed by atoms with Crippen LogP contribution in [0.3, 0.4) is 0 Å². The molecule has 1 heterocycles. The summed E-state index contributed by atoms with van der Waals surface area (Å²) in [6.45, 7) is 7.95. The van der Waals surface area contributed by atoms with Crippen molar-refractivity contribution in [1.29, 1.82) is 0 Å². The van der Waals surface area contributed by atoms with Crippen molar-refractivity contribution in [1.82, 2.24) is 0 Å². The lowest BCUT2D eigenvalue weighted by Gasteiger charge is -2.49. The van der Waals surface area contributed by atoms with Crippen molar-refractivity contribution >= 4 is 0 Å². The minimum Gasteiger partial charge on any atom is -0.393 e. The van der Waals surface area contributed by atoms with Crippen molar-refractivity contribution in [2.24, 2.45) is 34.8 Å². The first-order chi connectivity index (χ1) is 13.9. The minimum atomic E-state index is -0.112. The van der Waals surface area contributed by atoms with Gasteiger partial charge in [0, 0.05) is 0 Å². The van der Waals surface area contributed by atoms with Gasteiger partial charge in [-0.05, 0) is 112 Å². The molecule has 8 atom stereocenters. The highest BCUT2D eigenvalue weighted by Gasteiger charge is 2.56. The van der Waals surface area contributed by atoms with Crippen LogP contribution in [-0.4, -0.2) is 29.5 Å². The fourth-order valence-corrected chi connectivity index (χ4v) is 8.03. The molecule has 162 valence electrons. The van der Waals surface area contributed by atoms with Crippen LogP contribution in [0.5, 0.6) is 0 Å². The van der Waals surface area contributed by atoms with E-state index in [9.17, 15) is 5.11 Å². The van der Waals surface area contributed by atoms with Gasteiger partial charge in [0.25, 0.3) is 0 Å². The Hall–Kier alpha value is -0.640. The predicted octanol–water partition coefficient (Wildman–Crippen LogP) is 5.13. The Bertz CT molecular complexity index is 726. The summed E-state index contributed by atoms with van der Waals surface area (Å²) in [5.74, 6) is 2.92. The second kappa shape index (κ2) is 7.21. The van der Waals surface area contributed by atoms with Crippen LogP contribution in [0.2, 0.25) is 0 Å². The highest BCUT2D eigenvalue weighted by atomic mass is 16.5. The summed E-state index contributed by atoms with van der Waals surface area (Å²) in [6.07, 6.45) is 14.4. The number of hydrogen-bond donors (Lipinski definition) is 2. The van der Waals surface area contributed by atoms with Crippen LogP contribution < -0.4 is 5.73 Å². The van der Waals surface area contributed by atoms with E-state index in [1.165, 1.54) is 44.9 Å². The third kappa shape index (κ3) is 3.10. The van der Waals surface area contributed by atoms with Gasteiger partial charge in [-0.15, -0.1) is 0 Å². The molecule has 29 heavy (non-hydrogen) atoms. The number of nitrogens with two attached hydrogens (primary N) is 1. The largest absolute Gasteiger partial charge is 0.393 e. The van der Waals surface area contributed by atoms with Crippen molar-refractivity contribution in [2.45, 2.75) is 103 Å². The smallest absolute Gasteiger partial charge is 0.0896 e. The maximum Gasteiger partial charge on any atom is 0.0896 e. The highest BCUT2D eigenvalue weighted by Crippen LogP contribution is 2.64. The zero-order valence-electron chi connectivity index (χ0n) is 18.8. The number of aliphatic hydroxyl groups is 1. The van der Waals surface area contributed by atoms with Gasteiger partial charge in [0.15, 0.2) is 0 Å². The Kier molecular flexibility index (Phi) is 5.04. The van der Waals surface area contributed by atoms with E-state index < -0.39 is 0 Å². The van der Waals surface area contributed by atoms with E-state index in [-0.39, 0.29) is 11.7 Å². The molecule has 5 rings (SSSR count). The van der Waals surface area contributed by atoms with E-state index >= 15 is 0 Å². The Morgan fingerprint density at radius 3 is 2.79 bits per heavy atom. The van der Waals surface area contributed by atoms with E-state index in [0.29, 0.717) is 17.4 Å². The Labute approximate surface area is 177 Å². The standard InChI is InChI=1S/C26H41NO2/c1-16(15-27)12-20-7-10-26(29-20)11-8-21-22-5-4-18-13-19(28)6-9-25(18,3)24(22)14-23(21)17(26)2/h4,16,19-22,24,28H,5-15,27H2,1-3H3. The summed E-state index contributed by atoms with van der Waals surface area (Å²) in [6, 6.07) is 0. The minimum absolute atomic E-state index is 0.0260. The lowest BCUT2D eigenvalue weighted by Crippen LogP contribution is -2.41. The average molecular weight is 400 g/mol. The van der Waals surface area contributed by atoms with Gasteiger partial charge in [-0.1, -0.05) is 31.1 Å². The molecule has 4 aliphatic carbocycles. The number of fused-ring (bicyclic) bond motifs is 5. The van der Waals surface area contributed by atoms with Crippen molar-refractivity contribution in [3.63, 3.8) is 0 Å². The van der Waals surface area contributed by atoms with Gasteiger partial charge in [0.2, 0.25) is 0 Å². The molecule has 3 fully saturated rings. The number of rotatable bonds is 3. The molecule has 2 saturated carbocycles. The Balaban J connectivity index is 1.40. The summed E-state index contributed by atoms with van der Waals surface area (Å²) in [5, 5.41) is 10.2. The van der Waals surface area contributed by atoms with Gasteiger partial charge in [0.05, 0.1) is 17.8 Å². The molecule has 8 unspecified atom stereocenters. The van der Waals surface area contributed by atoms with Crippen LogP contribution in [0.25, 0.3) is 0 Å². The van der Waals surface area contributed by atoms with E-state index in [0.717, 1.165) is 43.6 Å². The maximum absolute atomic E-state index is 10.2. The van der Waals surface area contributed by atoms with Crippen molar-refractivity contribution in [3.05, 3.63) is 22.8 Å². The molecule has 0 aromatic carbocycles. The molecular weight excluding hydrogens is 358 g/mol. The van der Waals surface area contributed by atoms with Crippen LogP contribution in [0, 0.1) is 29.1 Å². The maximum atomic E-state index is 10.2. The molecular formula is C26H41NO2. The van der Waals surface area contributed by atoms with Crippen LogP contribution in [0.4, 0.5) is 0 Å². The van der Waals surface area contributed by atoms with Gasteiger partial charge in [-0.25, -0.2) is 0 Å². The third-order valence-corrected chi connectivity index (χ3v) is 9.92. The second-order valence-electron chi connectivity index (χ2n) is 11.4. The normalized spacial score (nSPS) is 47.6. The van der Waals surface area contributed by atoms with Gasteiger partial charge in [-0.3, -0.25) is 0 Å². The molecule has 1 aliphatic heterocycles. The fourth-order valence-electron chi connectivity index (χ4n) is 8.03. The number of aliphatic hydroxyl groups excluding tert-OH is 1. The van der Waals surface area contributed by atoms with E-state index in [1.807, 2.05) is 0 Å². The number of ether oxygens (including phenoxy) is 1. The first-order valence-electron chi connectivity index (χ1n) is 12.3. The first kappa shape index (κ1) is 20.3. The zero-order valence-corrected chi connectivity index (χ0v) is 18.8. The number of hydrogen-bond acceptors (Lipinski definition) is 3. The third-order valence-electron chi connectivity index (χ3n) is 9.92. The molecule has 3 heteroatoms. The second-order valence-corrected chi connectivity index (χ2v) is 11.4. The van der Waals surface area contributed by atoms with Crippen molar-refractivity contribution < 1.29 is 9.84 Å². The van der Waals surface area contributed by atoms with Gasteiger partial charge in [-0.2, -0.15) is 0 Å². The van der Waals surface area contributed by atoms with Crippen LogP contribution in [0.1, 0.15) is 85.0 Å². The summed E-state index contributed by atoms with van der Waals surface area (Å²) in [7, 11) is 0. The molecule has 0 bridgehead atoms. The number of allylic oxidation sites excluding steroid dienone is 2. The molecule has 5 aliphatic rings. The summed E-state index contributed by atoms with van der Waals surface area (Å²) >= 11 is 0. The van der Waals surface area contributed by atoms with Crippen molar-refractivity contribution in [3.8, 4) is 0 Å². The molecule has 0 radical (unpaired) electrons. The monoisotopic (exact) mass is 399 g/mol. The van der Waals surface area contributed by atoms with Crippen molar-refractivity contribution in [2.75, 3.05) is 6.54 Å². The van der Waals surface area contributed by atoms with Crippen LogP contribution in [0.15, 0.2) is 22.8 Å². The summed E-state index contributed by atoms with van der Waals surface area (Å²) in [5.41, 5.74) is 11.1. The molecule has 0 amide bonds. The lowest BCUT2D eigenvalue weighted by atomic mass is 9.56. The SMILES string of the molecule is CC1=C2CC3C(CC=C4CC(O)CCC43C)C2CCC12CCC(CC(C)CN)O2. The molecule has 1 saturated heterocycles. The van der Waals surface area contributed by atoms with Crippen LogP contribution >= 0.6 is 0 Å². The van der Waals surface area contributed by atoms with Gasteiger partial charge < -0.3 is 15.6 Å². The first-order valence-corrected chi connectivity index (χ1v) is 12.3. The molecule has 0 aromatic rings. The molecule has 1 spiro atoms. The zero-order chi connectivity index (χ0) is 20.4. The average Bonchev–Trinajstić information content (AvgIpc) is 3.29. The molecule has 3 nitrogen and oxygen atoms in total. The summed E-state index contributed by atoms with van der Waals surface area (Å²) in [4.78, 5) is 0. The fraction of sp³-hybridized carbons (Fsp3) is 0.846. The Morgan fingerprint density at radius 1 is 1.21 bits per heavy atom. The molecule has 0 aromatic heterocycles. The van der Waals surface area contributed by atoms with Gasteiger partial charge in [0.1, 0.15) is 0 Å². The quantitative estimate of drug-likeness (QED) is 0.647.